The van der Waals surface area contributed by atoms with Crippen molar-refractivity contribution in [2.24, 2.45) is 0 Å². The molecule has 0 saturated heterocycles. The maximum absolute atomic E-state index is 14.0. The van der Waals surface area contributed by atoms with E-state index in [0.717, 1.165) is 11.3 Å². The van der Waals surface area contributed by atoms with Crippen LogP contribution in [0.15, 0.2) is 102 Å². The first-order valence-corrected chi connectivity index (χ1v) is 12.1. The molecular weight excluding hydrogens is 443 g/mol. The van der Waals surface area contributed by atoms with Gasteiger partial charge >= 0.3 is 0 Å². The summed E-state index contributed by atoms with van der Waals surface area (Å²) in [6.07, 6.45) is 0.745. The molecule has 3 aromatic carbocycles. The third-order valence-electron chi connectivity index (χ3n) is 5.91. The number of halogens is 1. The fraction of sp³-hybridized carbons (Fsp3) is 0.103. The summed E-state index contributed by atoms with van der Waals surface area (Å²) in [5.41, 5.74) is 4.16. The first-order valence-electron chi connectivity index (χ1n) is 11.2. The number of carbonyl (C=O) groups excluding carboxylic acids is 1. The minimum atomic E-state index is -0.388. The monoisotopic (exact) mass is 466 g/mol. The van der Waals surface area contributed by atoms with E-state index in [2.05, 4.69) is 34.6 Å². The highest BCUT2D eigenvalue weighted by atomic mass is 32.1. The first kappa shape index (κ1) is 22.0. The average Bonchev–Trinajstić information content (AvgIpc) is 3.42. The molecule has 1 N–H and O–H groups in total. The Kier molecular flexibility index (Phi) is 6.45. The second-order valence-electron chi connectivity index (χ2n) is 8.11. The van der Waals surface area contributed by atoms with Crippen LogP contribution in [-0.4, -0.2) is 17.4 Å². The summed E-state index contributed by atoms with van der Waals surface area (Å²) in [6.45, 7) is 0.487. The molecule has 2 heterocycles. The Balaban J connectivity index is 1.40. The molecule has 0 fully saturated rings. The van der Waals surface area contributed by atoms with E-state index in [4.69, 9.17) is 0 Å². The molecule has 0 aliphatic carbocycles. The van der Waals surface area contributed by atoms with Gasteiger partial charge in [0.2, 0.25) is 0 Å². The normalized spacial score (nSPS) is 11.1. The number of hydrogen-bond acceptors (Lipinski definition) is 3. The van der Waals surface area contributed by atoms with Crippen LogP contribution in [0.4, 0.5) is 4.39 Å². The van der Waals surface area contributed by atoms with Gasteiger partial charge in [0, 0.05) is 17.8 Å². The number of fused-ring (bicyclic) bond motifs is 1. The number of pyridine rings is 1. The molecule has 0 atom stereocenters. The minimum Gasteiger partial charge on any atom is -0.352 e. The number of nitrogens with zero attached hydrogens (tertiary/aromatic N) is 1. The Bertz CT molecular complexity index is 1360. The van der Waals surface area contributed by atoms with Gasteiger partial charge in [0.25, 0.3) is 5.91 Å². The van der Waals surface area contributed by atoms with E-state index < -0.39 is 0 Å². The van der Waals surface area contributed by atoms with Crippen molar-refractivity contribution in [3.05, 3.63) is 125 Å². The van der Waals surface area contributed by atoms with Crippen molar-refractivity contribution in [3.8, 4) is 10.6 Å². The summed E-state index contributed by atoms with van der Waals surface area (Å²) < 4.78 is 14.0. The Morgan fingerprint density at radius 2 is 1.59 bits per heavy atom. The van der Waals surface area contributed by atoms with Gasteiger partial charge in [-0.05, 0) is 53.3 Å². The molecule has 0 unspecified atom stereocenters. The fourth-order valence-corrected chi connectivity index (χ4v) is 4.94. The zero-order valence-electron chi connectivity index (χ0n) is 18.4. The number of nitrogens with one attached hydrogen (secondary N) is 1. The van der Waals surface area contributed by atoms with Crippen LogP contribution < -0.4 is 5.32 Å². The Hall–Kier alpha value is -3.83. The molecule has 5 heteroatoms. The lowest BCUT2D eigenvalue weighted by molar-refractivity contribution is 0.0954. The number of aromatic nitrogens is 1. The summed E-state index contributed by atoms with van der Waals surface area (Å²) in [4.78, 5) is 18.9. The van der Waals surface area contributed by atoms with Crippen molar-refractivity contribution in [2.75, 3.05) is 6.54 Å². The second kappa shape index (κ2) is 9.98. The predicted molar refractivity (Wildman–Crippen MR) is 137 cm³/mol. The van der Waals surface area contributed by atoms with Crippen LogP contribution in [0.5, 0.6) is 0 Å². The van der Waals surface area contributed by atoms with Gasteiger partial charge in [0.15, 0.2) is 0 Å². The van der Waals surface area contributed by atoms with Crippen LogP contribution >= 0.6 is 11.3 Å². The summed E-state index contributed by atoms with van der Waals surface area (Å²) >= 11 is 1.56. The van der Waals surface area contributed by atoms with Gasteiger partial charge in [-0.3, -0.25) is 4.79 Å². The van der Waals surface area contributed by atoms with Crippen LogP contribution in [0.25, 0.3) is 21.5 Å². The molecule has 0 radical (unpaired) electrons. The van der Waals surface area contributed by atoms with Gasteiger partial charge in [-0.2, -0.15) is 0 Å². The highest BCUT2D eigenvalue weighted by Crippen LogP contribution is 2.29. The largest absolute Gasteiger partial charge is 0.352 e. The lowest BCUT2D eigenvalue weighted by atomic mass is 9.88. The smallest absolute Gasteiger partial charge is 0.252 e. The molecule has 0 aliphatic heterocycles. The predicted octanol–water partition coefficient (Wildman–Crippen LogP) is 7.05. The second-order valence-corrected chi connectivity index (χ2v) is 9.06. The van der Waals surface area contributed by atoms with E-state index in [9.17, 15) is 9.18 Å². The lowest BCUT2D eigenvalue weighted by Crippen LogP contribution is -2.26. The summed E-state index contributed by atoms with van der Waals surface area (Å²) in [5.74, 6) is -0.452. The van der Waals surface area contributed by atoms with Crippen molar-refractivity contribution in [2.45, 2.75) is 12.3 Å². The number of carbonyl (C=O) groups is 1. The molecule has 5 rings (SSSR count). The van der Waals surface area contributed by atoms with Crippen LogP contribution in [-0.2, 0) is 0 Å². The number of amides is 1. The van der Waals surface area contributed by atoms with Gasteiger partial charge in [-0.1, -0.05) is 66.7 Å². The van der Waals surface area contributed by atoms with Gasteiger partial charge in [0.1, 0.15) is 5.82 Å². The number of hydrogen-bond donors (Lipinski definition) is 1. The fourth-order valence-electron chi connectivity index (χ4n) is 4.26. The van der Waals surface area contributed by atoms with Crippen molar-refractivity contribution >= 4 is 28.1 Å². The average molecular weight is 467 g/mol. The van der Waals surface area contributed by atoms with E-state index in [1.807, 2.05) is 53.9 Å². The molecule has 0 saturated carbocycles. The van der Waals surface area contributed by atoms with Crippen LogP contribution in [0, 0.1) is 5.82 Å². The Labute approximate surface area is 201 Å². The molecular formula is C29H23FN2OS. The molecule has 5 aromatic rings. The Morgan fingerprint density at radius 1 is 0.882 bits per heavy atom. The zero-order chi connectivity index (χ0) is 23.3. The third kappa shape index (κ3) is 4.75. The van der Waals surface area contributed by atoms with Crippen LogP contribution in [0.2, 0.25) is 0 Å². The van der Waals surface area contributed by atoms with Crippen molar-refractivity contribution < 1.29 is 9.18 Å². The van der Waals surface area contributed by atoms with Gasteiger partial charge in [-0.25, -0.2) is 9.37 Å². The molecule has 2 aromatic heterocycles. The van der Waals surface area contributed by atoms with E-state index >= 15 is 0 Å². The van der Waals surface area contributed by atoms with Crippen molar-refractivity contribution in [1.82, 2.24) is 10.3 Å². The van der Waals surface area contributed by atoms with Gasteiger partial charge in [-0.15, -0.1) is 11.3 Å². The lowest BCUT2D eigenvalue weighted by Gasteiger charge is -2.19. The molecule has 168 valence electrons. The molecule has 0 spiro atoms. The number of rotatable bonds is 7. The third-order valence-corrected chi connectivity index (χ3v) is 6.80. The minimum absolute atomic E-state index is 0.163. The number of thiophene rings is 1. The topological polar surface area (TPSA) is 42.0 Å². The summed E-state index contributed by atoms with van der Waals surface area (Å²) in [6, 6.07) is 30.7. The van der Waals surface area contributed by atoms with Crippen LogP contribution in [0.3, 0.4) is 0 Å². The standard InChI is InChI=1S/C29H23FN2OS/c30-22-13-14-26-24(18-22)25(19-27(32-26)28-12-7-17-34-28)29(33)31-16-15-23(20-8-3-1-4-9-20)21-10-5-2-6-11-21/h1-14,17-19,23H,15-16H2,(H,31,33). The Morgan fingerprint density at radius 3 is 2.24 bits per heavy atom. The SMILES string of the molecule is O=C(NCCC(c1ccccc1)c1ccccc1)c1cc(-c2cccs2)nc2ccc(F)cc12. The maximum Gasteiger partial charge on any atom is 0.252 e. The molecule has 0 aliphatic rings. The van der Waals surface area contributed by atoms with Crippen molar-refractivity contribution in [1.29, 1.82) is 0 Å². The maximum atomic E-state index is 14.0. The van der Waals surface area contributed by atoms with E-state index in [1.165, 1.54) is 23.3 Å². The molecule has 34 heavy (non-hydrogen) atoms. The van der Waals surface area contributed by atoms with E-state index in [0.29, 0.717) is 28.7 Å². The molecule has 0 bridgehead atoms. The van der Waals surface area contributed by atoms with Crippen LogP contribution in [0.1, 0.15) is 33.8 Å². The molecule has 1 amide bonds. The molecule has 3 nitrogen and oxygen atoms in total. The first-order chi connectivity index (χ1) is 16.7. The van der Waals surface area contributed by atoms with E-state index in [-0.39, 0.29) is 17.6 Å². The number of benzene rings is 3. The summed E-state index contributed by atoms with van der Waals surface area (Å²) in [7, 11) is 0. The summed E-state index contributed by atoms with van der Waals surface area (Å²) in [5, 5.41) is 5.55. The highest BCUT2D eigenvalue weighted by Gasteiger charge is 2.17. The van der Waals surface area contributed by atoms with E-state index in [1.54, 1.807) is 23.5 Å². The van der Waals surface area contributed by atoms with Gasteiger partial charge in [0.05, 0.1) is 21.7 Å². The zero-order valence-corrected chi connectivity index (χ0v) is 19.3. The quantitative estimate of drug-likeness (QED) is 0.279. The van der Waals surface area contributed by atoms with Gasteiger partial charge < -0.3 is 5.32 Å². The van der Waals surface area contributed by atoms with Crippen molar-refractivity contribution in [3.63, 3.8) is 0 Å². The highest BCUT2D eigenvalue weighted by molar-refractivity contribution is 7.13.